The first-order chi connectivity index (χ1) is 10.5. The van der Waals surface area contributed by atoms with Crippen molar-refractivity contribution in [2.75, 3.05) is 19.6 Å². The van der Waals surface area contributed by atoms with Crippen LogP contribution in [-0.4, -0.2) is 41.3 Å². The summed E-state index contributed by atoms with van der Waals surface area (Å²) in [5.41, 5.74) is 0.789. The van der Waals surface area contributed by atoms with Crippen LogP contribution in [-0.2, 0) is 4.79 Å². The van der Waals surface area contributed by atoms with Gasteiger partial charge in [-0.3, -0.25) is 9.59 Å². The molecule has 2 rings (SSSR count). The van der Waals surface area contributed by atoms with Crippen LogP contribution in [0.5, 0.6) is 0 Å². The molecule has 0 spiro atoms. The molecule has 1 fully saturated rings. The van der Waals surface area contributed by atoms with Crippen LogP contribution < -0.4 is 5.32 Å². The molecule has 0 aromatic carbocycles. The molecule has 2 amide bonds. The Bertz CT molecular complexity index is 539. The summed E-state index contributed by atoms with van der Waals surface area (Å²) in [4.78, 5) is 31.1. The molecule has 1 aromatic rings. The predicted molar refractivity (Wildman–Crippen MR) is 88.3 cm³/mol. The van der Waals surface area contributed by atoms with Gasteiger partial charge in [0.1, 0.15) is 4.88 Å². The Hall–Kier alpha value is -1.43. The first kappa shape index (κ1) is 16.9. The zero-order valence-electron chi connectivity index (χ0n) is 13.6. The van der Waals surface area contributed by atoms with Crippen molar-refractivity contribution < 1.29 is 9.59 Å². The number of aromatic nitrogens is 1. The Morgan fingerprint density at radius 3 is 2.82 bits per heavy atom. The Morgan fingerprint density at radius 2 is 2.14 bits per heavy atom. The molecule has 6 heteroatoms. The second kappa shape index (κ2) is 7.72. The van der Waals surface area contributed by atoms with E-state index in [1.54, 1.807) is 0 Å². The number of aryl methyl sites for hydroxylation is 1. The van der Waals surface area contributed by atoms with Gasteiger partial charge in [0.25, 0.3) is 5.91 Å². The minimum atomic E-state index is -0.0795. The van der Waals surface area contributed by atoms with Crippen LogP contribution in [0, 0.1) is 6.92 Å². The van der Waals surface area contributed by atoms with E-state index in [2.05, 4.69) is 24.1 Å². The number of amides is 2. The second-order valence-electron chi connectivity index (χ2n) is 6.07. The van der Waals surface area contributed by atoms with Gasteiger partial charge in [-0.25, -0.2) is 4.98 Å². The summed E-state index contributed by atoms with van der Waals surface area (Å²) in [6.07, 6.45) is 3.80. The SMILES string of the molecule is Cc1nc(C(C)C)sc1C(=O)NCCN1CCCCCC1=O. The molecule has 0 unspecified atom stereocenters. The van der Waals surface area contributed by atoms with Crippen molar-refractivity contribution in [1.29, 1.82) is 0 Å². The van der Waals surface area contributed by atoms with Crippen LogP contribution in [0.15, 0.2) is 0 Å². The summed E-state index contributed by atoms with van der Waals surface area (Å²) in [5.74, 6) is 0.465. The number of rotatable bonds is 5. The number of hydrogen-bond acceptors (Lipinski definition) is 4. The molecule has 1 aliphatic rings. The summed E-state index contributed by atoms with van der Waals surface area (Å²) in [6.45, 7) is 7.93. The molecular formula is C16H25N3O2S. The molecule has 2 heterocycles. The van der Waals surface area contributed by atoms with Crippen LogP contribution in [0.4, 0.5) is 0 Å². The van der Waals surface area contributed by atoms with Gasteiger partial charge < -0.3 is 10.2 Å². The standard InChI is InChI=1S/C16H25N3O2S/c1-11(2)16-18-12(3)14(22-16)15(21)17-8-10-19-9-6-4-5-7-13(19)20/h11H,4-10H2,1-3H3,(H,17,21). The molecule has 0 saturated carbocycles. The van der Waals surface area contributed by atoms with E-state index in [1.165, 1.54) is 11.3 Å². The van der Waals surface area contributed by atoms with Crippen molar-refractivity contribution in [3.05, 3.63) is 15.6 Å². The molecule has 1 saturated heterocycles. The van der Waals surface area contributed by atoms with Gasteiger partial charge in [0.05, 0.1) is 10.7 Å². The van der Waals surface area contributed by atoms with Gasteiger partial charge >= 0.3 is 0 Å². The van der Waals surface area contributed by atoms with Gasteiger partial charge in [0.2, 0.25) is 5.91 Å². The average molecular weight is 323 g/mol. The number of carbonyl (C=O) groups is 2. The van der Waals surface area contributed by atoms with Gasteiger partial charge in [-0.2, -0.15) is 0 Å². The van der Waals surface area contributed by atoms with E-state index in [-0.39, 0.29) is 11.8 Å². The lowest BCUT2D eigenvalue weighted by Gasteiger charge is -2.20. The molecule has 1 N–H and O–H groups in total. The fraction of sp³-hybridized carbons (Fsp3) is 0.688. The van der Waals surface area contributed by atoms with E-state index in [4.69, 9.17) is 0 Å². The molecule has 5 nitrogen and oxygen atoms in total. The normalized spacial score (nSPS) is 16.0. The van der Waals surface area contributed by atoms with Crippen molar-refractivity contribution in [3.8, 4) is 0 Å². The molecule has 0 bridgehead atoms. The van der Waals surface area contributed by atoms with Crippen molar-refractivity contribution in [2.24, 2.45) is 0 Å². The number of likely N-dealkylation sites (tertiary alicyclic amines) is 1. The number of nitrogens with zero attached hydrogens (tertiary/aromatic N) is 2. The number of hydrogen-bond donors (Lipinski definition) is 1. The largest absolute Gasteiger partial charge is 0.350 e. The second-order valence-corrected chi connectivity index (χ2v) is 7.10. The number of nitrogens with one attached hydrogen (secondary N) is 1. The van der Waals surface area contributed by atoms with E-state index in [0.717, 1.165) is 36.5 Å². The van der Waals surface area contributed by atoms with Gasteiger partial charge in [-0.05, 0) is 19.8 Å². The van der Waals surface area contributed by atoms with Crippen LogP contribution in [0.3, 0.4) is 0 Å². The molecule has 122 valence electrons. The summed E-state index contributed by atoms with van der Waals surface area (Å²) in [7, 11) is 0. The van der Waals surface area contributed by atoms with Crippen LogP contribution in [0.1, 0.15) is 65.8 Å². The van der Waals surface area contributed by atoms with E-state index < -0.39 is 0 Å². The first-order valence-corrected chi connectivity index (χ1v) is 8.84. The smallest absolute Gasteiger partial charge is 0.263 e. The highest BCUT2D eigenvalue weighted by Crippen LogP contribution is 2.24. The molecule has 22 heavy (non-hydrogen) atoms. The Balaban J connectivity index is 1.86. The minimum absolute atomic E-state index is 0.0795. The summed E-state index contributed by atoms with van der Waals surface area (Å²) in [6, 6.07) is 0. The molecule has 1 aromatic heterocycles. The molecule has 0 aliphatic carbocycles. The maximum atomic E-state index is 12.2. The molecule has 0 atom stereocenters. The van der Waals surface area contributed by atoms with Crippen molar-refractivity contribution in [1.82, 2.24) is 15.2 Å². The highest BCUT2D eigenvalue weighted by Gasteiger charge is 2.18. The Kier molecular flexibility index (Phi) is 5.94. The fourth-order valence-corrected chi connectivity index (χ4v) is 3.52. The Labute approximate surface area is 136 Å². The lowest BCUT2D eigenvalue weighted by atomic mass is 10.2. The minimum Gasteiger partial charge on any atom is -0.350 e. The summed E-state index contributed by atoms with van der Waals surface area (Å²) < 4.78 is 0. The summed E-state index contributed by atoms with van der Waals surface area (Å²) >= 11 is 1.46. The highest BCUT2D eigenvalue weighted by atomic mass is 32.1. The quantitative estimate of drug-likeness (QED) is 0.906. The monoisotopic (exact) mass is 323 g/mol. The Morgan fingerprint density at radius 1 is 1.36 bits per heavy atom. The maximum Gasteiger partial charge on any atom is 0.263 e. The lowest BCUT2D eigenvalue weighted by Crippen LogP contribution is -2.38. The number of carbonyl (C=O) groups excluding carboxylic acids is 2. The average Bonchev–Trinajstić information content (AvgIpc) is 2.75. The first-order valence-electron chi connectivity index (χ1n) is 8.02. The molecular weight excluding hydrogens is 298 g/mol. The van der Waals surface area contributed by atoms with Crippen LogP contribution in [0.25, 0.3) is 0 Å². The van der Waals surface area contributed by atoms with E-state index in [9.17, 15) is 9.59 Å². The summed E-state index contributed by atoms with van der Waals surface area (Å²) in [5, 5.41) is 3.91. The van der Waals surface area contributed by atoms with Crippen LogP contribution >= 0.6 is 11.3 Å². The van der Waals surface area contributed by atoms with Crippen molar-refractivity contribution in [3.63, 3.8) is 0 Å². The number of thiazole rings is 1. The van der Waals surface area contributed by atoms with Gasteiger partial charge in [0.15, 0.2) is 0 Å². The lowest BCUT2D eigenvalue weighted by molar-refractivity contribution is -0.130. The zero-order valence-corrected chi connectivity index (χ0v) is 14.5. The van der Waals surface area contributed by atoms with Crippen molar-refractivity contribution in [2.45, 2.75) is 52.4 Å². The van der Waals surface area contributed by atoms with E-state index in [0.29, 0.717) is 30.3 Å². The maximum absolute atomic E-state index is 12.2. The third-order valence-electron chi connectivity index (χ3n) is 3.85. The predicted octanol–water partition coefficient (Wildman–Crippen LogP) is 2.71. The third kappa shape index (κ3) is 4.29. The van der Waals surface area contributed by atoms with Gasteiger partial charge in [-0.1, -0.05) is 20.3 Å². The molecule has 1 aliphatic heterocycles. The van der Waals surface area contributed by atoms with E-state index in [1.807, 2.05) is 11.8 Å². The fourth-order valence-electron chi connectivity index (χ4n) is 2.53. The van der Waals surface area contributed by atoms with Crippen molar-refractivity contribution >= 4 is 23.2 Å². The molecule has 0 radical (unpaired) electrons. The highest BCUT2D eigenvalue weighted by molar-refractivity contribution is 7.13. The van der Waals surface area contributed by atoms with E-state index >= 15 is 0 Å². The van der Waals surface area contributed by atoms with Crippen LogP contribution in [0.2, 0.25) is 0 Å². The third-order valence-corrected chi connectivity index (χ3v) is 5.31. The van der Waals surface area contributed by atoms with Gasteiger partial charge in [0, 0.05) is 32.0 Å². The topological polar surface area (TPSA) is 62.3 Å². The van der Waals surface area contributed by atoms with Gasteiger partial charge in [-0.15, -0.1) is 11.3 Å². The zero-order chi connectivity index (χ0) is 16.1.